The Balaban J connectivity index is 1.83. The summed E-state index contributed by atoms with van der Waals surface area (Å²) in [7, 11) is 0. The molecule has 0 aliphatic carbocycles. The molecule has 0 saturated heterocycles. The average Bonchev–Trinajstić information content (AvgIpc) is 3.12. The van der Waals surface area contributed by atoms with Gasteiger partial charge in [-0.25, -0.2) is 0 Å². The van der Waals surface area contributed by atoms with Gasteiger partial charge in [0.25, 0.3) is 5.69 Å². The minimum atomic E-state index is -0.519. The Morgan fingerprint density at radius 3 is 2.83 bits per heavy atom. The van der Waals surface area contributed by atoms with Crippen molar-refractivity contribution in [2.24, 2.45) is 0 Å². The number of rotatable bonds is 3. The van der Waals surface area contributed by atoms with Crippen molar-refractivity contribution < 1.29 is 15.0 Å². The maximum atomic E-state index is 10.9. The van der Waals surface area contributed by atoms with Crippen molar-refractivity contribution in [3.8, 4) is 5.75 Å². The number of fused-ring (bicyclic) bond motifs is 2. The summed E-state index contributed by atoms with van der Waals surface area (Å²) in [6.45, 7) is 0. The van der Waals surface area contributed by atoms with Crippen molar-refractivity contribution in [2.75, 3.05) is 0 Å². The van der Waals surface area contributed by atoms with Gasteiger partial charge in [0.2, 0.25) is 0 Å². The van der Waals surface area contributed by atoms with Crippen molar-refractivity contribution in [1.82, 2.24) is 30.3 Å². The van der Waals surface area contributed by atoms with Gasteiger partial charge >= 0.3 is 0 Å². The lowest BCUT2D eigenvalue weighted by Crippen LogP contribution is -2.07. The highest BCUT2D eigenvalue weighted by Gasteiger charge is 2.15. The van der Waals surface area contributed by atoms with Crippen LogP contribution in [0.2, 0.25) is 0 Å². The Hall–Kier alpha value is -3.76. The molecule has 114 valence electrons. The van der Waals surface area contributed by atoms with E-state index >= 15 is 0 Å². The molecule has 2 aromatic carbocycles. The van der Waals surface area contributed by atoms with Crippen molar-refractivity contribution in [3.05, 3.63) is 46.5 Å². The van der Waals surface area contributed by atoms with Crippen LogP contribution >= 0.6 is 0 Å². The molecule has 11 heteroatoms. The molecule has 0 aliphatic heterocycles. The summed E-state index contributed by atoms with van der Waals surface area (Å²) in [6.07, 6.45) is 0. The van der Waals surface area contributed by atoms with Crippen LogP contribution in [0.1, 0.15) is 0 Å². The molecule has 4 aromatic rings. The molecule has 2 heterocycles. The van der Waals surface area contributed by atoms with Crippen LogP contribution in [-0.4, -0.2) is 40.4 Å². The number of hydrogen-bond donors (Lipinski definition) is 1. The number of nitro groups is 1. The molecule has 1 N–H and O–H groups in total. The largest absolute Gasteiger partial charge is 0.410 e. The molecule has 2 aromatic heterocycles. The molecule has 0 amide bonds. The normalized spacial score (nSPS) is 11.1. The zero-order valence-corrected chi connectivity index (χ0v) is 11.3. The lowest BCUT2D eigenvalue weighted by atomic mass is 10.3. The summed E-state index contributed by atoms with van der Waals surface area (Å²) in [6, 6.07) is 8.95. The quantitative estimate of drug-likeness (QED) is 0.338. The highest BCUT2D eigenvalue weighted by molar-refractivity contribution is 5.81. The van der Waals surface area contributed by atoms with Gasteiger partial charge < -0.3 is 10.0 Å². The summed E-state index contributed by atoms with van der Waals surface area (Å²) in [5.74, 6) is 0.265. The fourth-order valence-electron chi connectivity index (χ4n) is 2.14. The fraction of sp³-hybridized carbons (Fsp3) is 0. The number of benzene rings is 2. The van der Waals surface area contributed by atoms with Gasteiger partial charge in [-0.05, 0) is 28.6 Å². The molecule has 0 bridgehead atoms. The molecule has 0 saturated carbocycles. The van der Waals surface area contributed by atoms with Gasteiger partial charge in [-0.1, -0.05) is 15.8 Å². The summed E-state index contributed by atoms with van der Waals surface area (Å²) >= 11 is 0. The van der Waals surface area contributed by atoms with Crippen LogP contribution in [-0.2, 0) is 0 Å². The Bertz CT molecular complexity index is 1050. The van der Waals surface area contributed by atoms with Crippen molar-refractivity contribution >= 4 is 27.8 Å². The van der Waals surface area contributed by atoms with Gasteiger partial charge in [-0.3, -0.25) is 10.1 Å². The Morgan fingerprint density at radius 2 is 2.00 bits per heavy atom. The van der Waals surface area contributed by atoms with Gasteiger partial charge in [0.15, 0.2) is 11.3 Å². The molecule has 4 rings (SSSR count). The lowest BCUT2D eigenvalue weighted by molar-refractivity contribution is -0.384. The van der Waals surface area contributed by atoms with Crippen LogP contribution in [0.5, 0.6) is 5.75 Å². The first-order valence-electron chi connectivity index (χ1n) is 6.35. The SMILES string of the molecule is O=[N+]([O-])c1ccc2nnn(Oc3cccc4c3nnn4O)c2c1. The Kier molecular flexibility index (Phi) is 2.60. The fourth-order valence-corrected chi connectivity index (χ4v) is 2.14. The average molecular weight is 313 g/mol. The third-order valence-corrected chi connectivity index (χ3v) is 3.22. The smallest absolute Gasteiger partial charge is 0.271 e. The first-order valence-corrected chi connectivity index (χ1v) is 6.35. The second-order valence-electron chi connectivity index (χ2n) is 4.59. The third-order valence-electron chi connectivity index (χ3n) is 3.22. The van der Waals surface area contributed by atoms with E-state index in [1.165, 1.54) is 18.2 Å². The number of nitrogens with zero attached hydrogens (tertiary/aromatic N) is 7. The Labute approximate surface area is 126 Å². The van der Waals surface area contributed by atoms with Crippen LogP contribution in [0.4, 0.5) is 5.69 Å². The molecule has 0 aliphatic rings. The molecular weight excluding hydrogens is 306 g/mol. The minimum absolute atomic E-state index is 0.107. The maximum Gasteiger partial charge on any atom is 0.271 e. The predicted molar refractivity (Wildman–Crippen MR) is 74.9 cm³/mol. The third kappa shape index (κ3) is 1.98. The first-order chi connectivity index (χ1) is 11.1. The first kappa shape index (κ1) is 12.9. The molecule has 11 nitrogen and oxygen atoms in total. The zero-order chi connectivity index (χ0) is 16.0. The lowest BCUT2D eigenvalue weighted by Gasteiger charge is -2.04. The van der Waals surface area contributed by atoms with E-state index in [0.29, 0.717) is 26.9 Å². The van der Waals surface area contributed by atoms with Crippen LogP contribution < -0.4 is 4.84 Å². The zero-order valence-electron chi connectivity index (χ0n) is 11.3. The Morgan fingerprint density at radius 1 is 1.13 bits per heavy atom. The summed E-state index contributed by atoms with van der Waals surface area (Å²) in [5, 5.41) is 35.4. The van der Waals surface area contributed by atoms with Gasteiger partial charge in [0, 0.05) is 12.1 Å². The van der Waals surface area contributed by atoms with E-state index in [-0.39, 0.29) is 11.4 Å². The minimum Gasteiger partial charge on any atom is -0.410 e. The van der Waals surface area contributed by atoms with Crippen LogP contribution in [0.25, 0.3) is 22.1 Å². The van der Waals surface area contributed by atoms with Gasteiger partial charge in [-0.15, -0.1) is 10.2 Å². The predicted octanol–water partition coefficient (Wildman–Crippen LogP) is 1.16. The second kappa shape index (κ2) is 4.62. The standard InChI is InChI=1S/C12H7N7O4/c20-17-9-2-1-3-11(12(9)14-15-17)23-18-10-6-7(19(21)22)4-5-8(10)13-16-18/h1-6,20H. The summed E-state index contributed by atoms with van der Waals surface area (Å²) < 4.78 is 0. The second-order valence-corrected chi connectivity index (χ2v) is 4.59. The number of hydrogen-bond acceptors (Lipinski definition) is 8. The van der Waals surface area contributed by atoms with E-state index in [1.807, 2.05) is 0 Å². The monoisotopic (exact) mass is 313 g/mol. The van der Waals surface area contributed by atoms with E-state index in [0.717, 1.165) is 4.85 Å². The molecule has 0 atom stereocenters. The number of aromatic nitrogens is 6. The molecule has 0 fully saturated rings. The van der Waals surface area contributed by atoms with Crippen LogP contribution in [0.15, 0.2) is 36.4 Å². The van der Waals surface area contributed by atoms with Gasteiger partial charge in [0.05, 0.1) is 4.92 Å². The number of non-ortho nitro benzene ring substituents is 1. The summed E-state index contributed by atoms with van der Waals surface area (Å²) in [5.41, 5.74) is 1.31. The topological polar surface area (TPSA) is 134 Å². The van der Waals surface area contributed by atoms with Crippen LogP contribution in [0, 0.1) is 10.1 Å². The molecule has 0 radical (unpaired) electrons. The highest BCUT2D eigenvalue weighted by Crippen LogP contribution is 2.25. The van der Waals surface area contributed by atoms with Crippen molar-refractivity contribution in [2.45, 2.75) is 0 Å². The highest BCUT2D eigenvalue weighted by atomic mass is 16.7. The maximum absolute atomic E-state index is 10.9. The van der Waals surface area contributed by atoms with Crippen LogP contribution in [0.3, 0.4) is 0 Å². The van der Waals surface area contributed by atoms with E-state index in [9.17, 15) is 15.3 Å². The molecular formula is C12H7N7O4. The van der Waals surface area contributed by atoms with E-state index in [2.05, 4.69) is 20.6 Å². The van der Waals surface area contributed by atoms with Gasteiger partial charge in [0.1, 0.15) is 16.6 Å². The number of nitro benzene ring substituents is 1. The summed E-state index contributed by atoms with van der Waals surface area (Å²) in [4.78, 5) is 17.6. The van der Waals surface area contributed by atoms with Crippen molar-refractivity contribution in [1.29, 1.82) is 0 Å². The molecule has 23 heavy (non-hydrogen) atoms. The van der Waals surface area contributed by atoms with E-state index in [1.54, 1.807) is 18.2 Å². The molecule has 0 spiro atoms. The van der Waals surface area contributed by atoms with E-state index < -0.39 is 4.92 Å². The van der Waals surface area contributed by atoms with Gasteiger partial charge in [-0.2, -0.15) is 0 Å². The van der Waals surface area contributed by atoms with Crippen molar-refractivity contribution in [3.63, 3.8) is 0 Å². The molecule has 0 unspecified atom stereocenters. The van der Waals surface area contributed by atoms with E-state index in [4.69, 9.17) is 4.84 Å².